The van der Waals surface area contributed by atoms with E-state index >= 15 is 0 Å². The van der Waals surface area contributed by atoms with E-state index in [1.54, 1.807) is 34.6 Å². The maximum atomic E-state index is 14.5. The number of aromatic nitrogens is 2. The highest BCUT2D eigenvalue weighted by Crippen LogP contribution is 2.24. The maximum Gasteiger partial charge on any atom is 0.326 e. The van der Waals surface area contributed by atoms with Crippen LogP contribution in [0.5, 0.6) is 0 Å². The van der Waals surface area contributed by atoms with Crippen molar-refractivity contribution in [2.45, 2.75) is 149 Å². The number of H-pyrrole nitrogens is 1. The van der Waals surface area contributed by atoms with Crippen molar-refractivity contribution in [3.8, 4) is 0 Å². The number of amides is 7. The van der Waals surface area contributed by atoms with E-state index < -0.39 is 107 Å². The summed E-state index contributed by atoms with van der Waals surface area (Å²) in [6.45, 7) is 14.2. The van der Waals surface area contributed by atoms with Gasteiger partial charge >= 0.3 is 5.97 Å². The Balaban J connectivity index is 2.39. The molecule has 0 aliphatic carbocycles. The lowest BCUT2D eigenvalue weighted by atomic mass is 9.93. The molecule has 0 unspecified atom stereocenters. The summed E-state index contributed by atoms with van der Waals surface area (Å²) in [7, 11) is 1.42. The summed E-state index contributed by atoms with van der Waals surface area (Å²) in [5.74, 6) is -7.38. The normalized spacial score (nSPS) is 17.8. The van der Waals surface area contributed by atoms with Gasteiger partial charge in [-0.25, -0.2) is 9.78 Å². The number of aromatic amines is 1. The van der Waals surface area contributed by atoms with Crippen LogP contribution in [0.25, 0.3) is 0 Å². The fraction of sp³-hybridized carbons (Fsp3) is 0.721. The second kappa shape index (κ2) is 26.9. The van der Waals surface area contributed by atoms with Gasteiger partial charge < -0.3 is 63.7 Å². The van der Waals surface area contributed by atoms with E-state index in [1.807, 2.05) is 20.8 Å². The van der Waals surface area contributed by atoms with Crippen LogP contribution in [0.1, 0.15) is 106 Å². The molecule has 1 fully saturated rings. The SMILES string of the molecule is CC[C@H](C)[C@H](NC(=O)[C@@H](NC(=O)[C@H](CCCN=C(N)N)NC(=O)CN)C(C)C)C(=O)N[C@H](C(=O)N[C@@H](Cc1cnc[nH]1)C(=O)N1CCC[C@H]1C(=O)N(C)[C@H](C(=O)O)[C@@H](C)CC)[C@@H](C)CC. The zero-order valence-electron chi connectivity index (χ0n) is 39.5. The number of nitrogens with one attached hydrogen (secondary N) is 6. The van der Waals surface area contributed by atoms with Crippen molar-refractivity contribution < 1.29 is 43.5 Å². The number of likely N-dealkylation sites (tertiary alicyclic amines) is 1. The van der Waals surface area contributed by atoms with Crippen LogP contribution in [0.3, 0.4) is 0 Å². The van der Waals surface area contributed by atoms with Crippen molar-refractivity contribution in [3.63, 3.8) is 0 Å². The largest absolute Gasteiger partial charge is 0.480 e. The fourth-order valence-electron chi connectivity index (χ4n) is 7.66. The first-order chi connectivity index (χ1) is 30.6. The van der Waals surface area contributed by atoms with Gasteiger partial charge in [-0.15, -0.1) is 0 Å². The maximum absolute atomic E-state index is 14.5. The number of nitrogens with zero attached hydrogens (tertiary/aromatic N) is 4. The Morgan fingerprint density at radius 1 is 0.831 bits per heavy atom. The highest BCUT2D eigenvalue weighted by molar-refractivity contribution is 5.98. The molecule has 7 amide bonds. The van der Waals surface area contributed by atoms with Crippen molar-refractivity contribution in [2.75, 3.05) is 26.7 Å². The molecule has 1 aromatic rings. The minimum Gasteiger partial charge on any atom is -0.480 e. The van der Waals surface area contributed by atoms with Gasteiger partial charge in [0.15, 0.2) is 5.96 Å². The summed E-state index contributed by atoms with van der Waals surface area (Å²) in [5.41, 5.74) is 16.8. The predicted molar refractivity (Wildman–Crippen MR) is 243 cm³/mol. The molecule has 1 saturated heterocycles. The molecule has 1 aromatic heterocycles. The van der Waals surface area contributed by atoms with E-state index in [9.17, 15) is 43.5 Å². The quantitative estimate of drug-likeness (QED) is 0.0291. The third kappa shape index (κ3) is 16.3. The number of aliphatic imine (C=N–C) groups is 1. The number of hydrogen-bond donors (Lipinski definition) is 10. The van der Waals surface area contributed by atoms with Gasteiger partial charge in [0, 0.05) is 38.4 Å². The van der Waals surface area contributed by atoms with Crippen LogP contribution in [0.4, 0.5) is 0 Å². The number of imidazole rings is 1. The van der Waals surface area contributed by atoms with Gasteiger partial charge in [0.25, 0.3) is 0 Å². The smallest absolute Gasteiger partial charge is 0.326 e. The minimum atomic E-state index is -1.22. The molecule has 22 heteroatoms. The van der Waals surface area contributed by atoms with Gasteiger partial charge in [0.2, 0.25) is 41.4 Å². The molecule has 1 aliphatic heterocycles. The first kappa shape index (κ1) is 55.3. The van der Waals surface area contributed by atoms with E-state index in [2.05, 4.69) is 41.5 Å². The summed E-state index contributed by atoms with van der Waals surface area (Å²) in [4.78, 5) is 122. The highest BCUT2D eigenvalue weighted by Gasteiger charge is 2.43. The molecule has 13 N–H and O–H groups in total. The summed E-state index contributed by atoms with van der Waals surface area (Å²) < 4.78 is 0. The summed E-state index contributed by atoms with van der Waals surface area (Å²) in [5, 5.41) is 23.7. The van der Waals surface area contributed by atoms with Crippen molar-refractivity contribution >= 4 is 53.3 Å². The Hall–Kier alpha value is -5.80. The number of likely N-dealkylation sites (N-methyl/N-ethyl adjacent to an activating group) is 1. The third-order valence-electron chi connectivity index (χ3n) is 12.2. The van der Waals surface area contributed by atoms with Crippen molar-refractivity contribution in [2.24, 2.45) is 45.9 Å². The second-order valence-corrected chi connectivity index (χ2v) is 17.4. The third-order valence-corrected chi connectivity index (χ3v) is 12.2. The van der Waals surface area contributed by atoms with Crippen molar-refractivity contribution in [1.82, 2.24) is 46.4 Å². The lowest BCUT2D eigenvalue weighted by Crippen LogP contribution is -2.62. The molecule has 1 aliphatic rings. The summed E-state index contributed by atoms with van der Waals surface area (Å²) in [6, 6.07) is -7.86. The first-order valence-corrected chi connectivity index (χ1v) is 22.7. The monoisotopic (exact) mass is 918 g/mol. The number of carboxylic acids is 1. The Labute approximate surface area is 382 Å². The molecule has 0 bridgehead atoms. The van der Waals surface area contributed by atoms with E-state index in [0.717, 1.165) is 0 Å². The zero-order chi connectivity index (χ0) is 49.1. The number of carbonyl (C=O) groups excluding carboxylic acids is 7. The predicted octanol–water partition coefficient (Wildman–Crippen LogP) is -0.915. The van der Waals surface area contributed by atoms with Gasteiger partial charge in [-0.1, -0.05) is 74.7 Å². The Kier molecular flexibility index (Phi) is 22.9. The van der Waals surface area contributed by atoms with Crippen LogP contribution >= 0.6 is 0 Å². The summed E-state index contributed by atoms with van der Waals surface area (Å²) in [6.07, 6.45) is 5.50. The second-order valence-electron chi connectivity index (χ2n) is 17.4. The average Bonchev–Trinajstić information content (AvgIpc) is 3.98. The summed E-state index contributed by atoms with van der Waals surface area (Å²) >= 11 is 0. The first-order valence-electron chi connectivity index (χ1n) is 22.7. The lowest BCUT2D eigenvalue weighted by Gasteiger charge is -2.35. The number of nitrogens with two attached hydrogens (primary N) is 3. The van der Waals surface area contributed by atoms with Crippen LogP contribution in [0.2, 0.25) is 0 Å². The number of aliphatic carboxylic acids is 1. The molecule has 0 aromatic carbocycles. The number of carboxylic acid groups (broad SMARTS) is 1. The van der Waals surface area contributed by atoms with Gasteiger partial charge in [0.05, 0.1) is 12.9 Å². The van der Waals surface area contributed by atoms with E-state index in [0.29, 0.717) is 44.2 Å². The van der Waals surface area contributed by atoms with Gasteiger partial charge in [-0.3, -0.25) is 38.6 Å². The molecule has 0 spiro atoms. The molecule has 0 radical (unpaired) electrons. The van der Waals surface area contributed by atoms with Crippen LogP contribution in [0, 0.1) is 23.7 Å². The molecule has 0 saturated carbocycles. The number of hydrogen-bond acceptors (Lipinski definition) is 11. The highest BCUT2D eigenvalue weighted by atomic mass is 16.4. The Morgan fingerprint density at radius 3 is 1.88 bits per heavy atom. The number of carbonyl (C=O) groups is 8. The van der Waals surface area contributed by atoms with E-state index in [1.165, 1.54) is 29.4 Å². The zero-order valence-corrected chi connectivity index (χ0v) is 39.5. The molecule has 22 nitrogen and oxygen atoms in total. The van der Waals surface area contributed by atoms with Gasteiger partial charge in [0.1, 0.15) is 42.3 Å². The molecular formula is C43H75N13O9. The Morgan fingerprint density at radius 2 is 1.38 bits per heavy atom. The van der Waals surface area contributed by atoms with Crippen LogP contribution in [-0.2, 0) is 44.8 Å². The average molecular weight is 918 g/mol. The van der Waals surface area contributed by atoms with Crippen molar-refractivity contribution in [1.29, 1.82) is 0 Å². The lowest BCUT2D eigenvalue weighted by molar-refractivity contribution is -0.154. The molecule has 65 heavy (non-hydrogen) atoms. The standard InChI is InChI=1S/C43H75N13O9/c1-10-24(6)33(38(60)51-29(19-27-21-47-22-49-27)40(62)56-18-14-16-30(56)41(63)55(9)35(42(64)65)26(8)12-3)54-39(61)34(25(7)11-2)53-37(59)32(23(4)5)52-36(58)28(50-31(57)20-44)15-13-17-48-43(45)46/h21-26,28-30,32-35H,10-20,44H2,1-9H3,(H,47,49)(H,50,57)(H,51,60)(H,52,58)(H,53,59)(H,54,61)(H,64,65)(H4,45,46,48)/t24-,25-,26-,28-,29-,30-,32-,33-,34-,35-/m0/s1. The van der Waals surface area contributed by atoms with Crippen molar-refractivity contribution in [3.05, 3.63) is 18.2 Å². The number of rotatable bonds is 27. The molecule has 10 atom stereocenters. The molecule has 2 rings (SSSR count). The van der Waals surface area contributed by atoms with Gasteiger partial charge in [-0.05, 0) is 49.4 Å². The minimum absolute atomic E-state index is 0.0372. The molecule has 2 heterocycles. The van der Waals surface area contributed by atoms with Gasteiger partial charge in [-0.2, -0.15) is 0 Å². The van der Waals surface area contributed by atoms with Crippen LogP contribution in [0.15, 0.2) is 17.5 Å². The molecule has 366 valence electrons. The topological polar surface area (TPSA) is 343 Å². The van der Waals surface area contributed by atoms with Crippen LogP contribution < -0.4 is 43.8 Å². The fourth-order valence-corrected chi connectivity index (χ4v) is 7.66. The Bertz CT molecular complexity index is 1790. The molecular weight excluding hydrogens is 843 g/mol. The number of guanidine groups is 1. The van der Waals surface area contributed by atoms with E-state index in [-0.39, 0.29) is 44.4 Å². The van der Waals surface area contributed by atoms with E-state index in [4.69, 9.17) is 17.2 Å². The van der Waals surface area contributed by atoms with Crippen LogP contribution in [-0.4, -0.2) is 147 Å².